The molecule has 1 aromatic rings. The van der Waals surface area contributed by atoms with Gasteiger partial charge in [-0.15, -0.1) is 11.8 Å². The number of thioether (sulfide) groups is 1. The summed E-state index contributed by atoms with van der Waals surface area (Å²) in [5.41, 5.74) is 8.38. The van der Waals surface area contributed by atoms with E-state index in [9.17, 15) is 0 Å². The van der Waals surface area contributed by atoms with Crippen molar-refractivity contribution < 1.29 is 0 Å². The van der Waals surface area contributed by atoms with Crippen LogP contribution in [0.2, 0.25) is 0 Å². The van der Waals surface area contributed by atoms with Gasteiger partial charge in [0, 0.05) is 16.5 Å². The minimum absolute atomic E-state index is 0.453. The fourth-order valence-corrected chi connectivity index (χ4v) is 4.82. The standard InChI is InChI=1S/C21H33NS/c1-11(2)18-10-23-17(9)13(5)14(6)19-15(7)16(8)22-21(12(3)4)20(18)19/h10-14,17H,1-9H3/b18-10-/t13-,14+,17-/m0/s1. The van der Waals surface area contributed by atoms with E-state index in [1.165, 1.54) is 28.1 Å². The number of hydrogen-bond donors (Lipinski definition) is 0. The van der Waals surface area contributed by atoms with Crippen molar-refractivity contribution >= 4 is 17.3 Å². The number of hydrogen-bond acceptors (Lipinski definition) is 2. The minimum atomic E-state index is 0.453. The average Bonchev–Trinajstić information content (AvgIpc) is 2.47. The van der Waals surface area contributed by atoms with E-state index >= 15 is 0 Å². The van der Waals surface area contributed by atoms with Gasteiger partial charge in [0.25, 0.3) is 0 Å². The van der Waals surface area contributed by atoms with Gasteiger partial charge in [0.05, 0.1) is 5.69 Å². The molecule has 1 aliphatic heterocycles. The second-order valence-electron chi connectivity index (χ2n) is 7.87. The highest BCUT2D eigenvalue weighted by molar-refractivity contribution is 8.02. The maximum Gasteiger partial charge on any atom is 0.0510 e. The van der Waals surface area contributed by atoms with Gasteiger partial charge in [0.15, 0.2) is 0 Å². The maximum absolute atomic E-state index is 5.02. The Labute approximate surface area is 147 Å². The van der Waals surface area contributed by atoms with Crippen molar-refractivity contribution in [1.29, 1.82) is 0 Å². The molecule has 0 saturated heterocycles. The lowest BCUT2D eigenvalue weighted by molar-refractivity contribution is 0.480. The zero-order valence-electron chi connectivity index (χ0n) is 16.3. The quantitative estimate of drug-likeness (QED) is 0.598. The van der Waals surface area contributed by atoms with Gasteiger partial charge in [-0.05, 0) is 59.6 Å². The number of fused-ring (bicyclic) bond motifs is 1. The molecular formula is C21H33NS. The second-order valence-corrected chi connectivity index (χ2v) is 9.12. The van der Waals surface area contributed by atoms with Gasteiger partial charge in [-0.2, -0.15) is 0 Å². The highest BCUT2D eigenvalue weighted by Gasteiger charge is 2.31. The van der Waals surface area contributed by atoms with Crippen molar-refractivity contribution in [2.24, 2.45) is 11.8 Å². The van der Waals surface area contributed by atoms with Crippen LogP contribution in [0.15, 0.2) is 5.41 Å². The Morgan fingerprint density at radius 3 is 2.13 bits per heavy atom. The Bertz CT molecular complexity index is 613. The van der Waals surface area contributed by atoms with Crippen LogP contribution < -0.4 is 0 Å². The van der Waals surface area contributed by atoms with E-state index in [0.717, 1.165) is 0 Å². The normalized spacial score (nSPS) is 27.4. The molecule has 128 valence electrons. The summed E-state index contributed by atoms with van der Waals surface area (Å²) in [7, 11) is 0. The Hall–Kier alpha value is -0.760. The molecule has 0 unspecified atom stereocenters. The summed E-state index contributed by atoms with van der Waals surface area (Å²) in [5.74, 6) is 2.20. The fourth-order valence-electron chi connectivity index (χ4n) is 3.59. The van der Waals surface area contributed by atoms with E-state index in [4.69, 9.17) is 4.98 Å². The van der Waals surface area contributed by atoms with Crippen molar-refractivity contribution in [3.05, 3.63) is 33.5 Å². The first kappa shape index (κ1) is 18.6. The first-order valence-corrected chi connectivity index (χ1v) is 9.97. The molecule has 0 spiro atoms. The number of aromatic nitrogens is 1. The predicted octanol–water partition coefficient (Wildman–Crippen LogP) is 6.69. The first-order chi connectivity index (χ1) is 10.7. The lowest BCUT2D eigenvalue weighted by Crippen LogP contribution is -2.23. The van der Waals surface area contributed by atoms with Gasteiger partial charge in [0.1, 0.15) is 0 Å². The fraction of sp³-hybridized carbons (Fsp3) is 0.667. The summed E-state index contributed by atoms with van der Waals surface area (Å²) in [4.78, 5) is 5.02. The van der Waals surface area contributed by atoms with Gasteiger partial charge in [-0.1, -0.05) is 48.5 Å². The molecule has 0 aromatic carbocycles. The molecule has 0 radical (unpaired) electrons. The molecule has 23 heavy (non-hydrogen) atoms. The van der Waals surface area contributed by atoms with E-state index in [-0.39, 0.29) is 0 Å². The monoisotopic (exact) mass is 331 g/mol. The van der Waals surface area contributed by atoms with Crippen LogP contribution in [0.1, 0.15) is 88.4 Å². The number of aryl methyl sites for hydroxylation is 1. The molecule has 1 nitrogen and oxygen atoms in total. The highest BCUT2D eigenvalue weighted by Crippen LogP contribution is 2.45. The molecule has 2 heteroatoms. The van der Waals surface area contributed by atoms with Gasteiger partial charge >= 0.3 is 0 Å². The third kappa shape index (κ3) is 3.38. The summed E-state index contributed by atoms with van der Waals surface area (Å²) in [6.45, 7) is 20.8. The summed E-state index contributed by atoms with van der Waals surface area (Å²) in [5, 5.41) is 3.07. The third-order valence-corrected chi connectivity index (χ3v) is 6.86. The SMILES string of the molecule is Cc1nc(C(C)C)c2c(c1C)[C@H](C)[C@H](C)[C@H](C)S/C=C\2C(C)C. The van der Waals surface area contributed by atoms with Crippen LogP contribution in [0.4, 0.5) is 0 Å². The number of allylic oxidation sites excluding steroid dienone is 1. The lowest BCUT2D eigenvalue weighted by atomic mass is 9.77. The molecule has 2 rings (SSSR count). The molecule has 2 heterocycles. The summed E-state index contributed by atoms with van der Waals surface area (Å²) >= 11 is 2.00. The Balaban J connectivity index is 2.88. The van der Waals surface area contributed by atoms with Crippen LogP contribution in [-0.2, 0) is 0 Å². The van der Waals surface area contributed by atoms with Crippen molar-refractivity contribution in [2.75, 3.05) is 0 Å². The summed E-state index contributed by atoms with van der Waals surface area (Å²) < 4.78 is 0. The average molecular weight is 332 g/mol. The molecule has 0 saturated carbocycles. The smallest absolute Gasteiger partial charge is 0.0510 e. The van der Waals surface area contributed by atoms with Gasteiger partial charge < -0.3 is 0 Å². The molecule has 0 fully saturated rings. The largest absolute Gasteiger partial charge is 0.257 e. The topological polar surface area (TPSA) is 12.9 Å². The Morgan fingerprint density at radius 1 is 1.00 bits per heavy atom. The summed E-state index contributed by atoms with van der Waals surface area (Å²) in [6, 6.07) is 0. The predicted molar refractivity (Wildman–Crippen MR) is 105 cm³/mol. The molecule has 0 amide bonds. The van der Waals surface area contributed by atoms with E-state index in [2.05, 4.69) is 67.7 Å². The zero-order valence-corrected chi connectivity index (χ0v) is 17.1. The maximum atomic E-state index is 5.02. The van der Waals surface area contributed by atoms with E-state index < -0.39 is 0 Å². The van der Waals surface area contributed by atoms with Gasteiger partial charge in [-0.25, -0.2) is 0 Å². The van der Waals surface area contributed by atoms with Gasteiger partial charge in [-0.3, -0.25) is 4.98 Å². The minimum Gasteiger partial charge on any atom is -0.257 e. The Morgan fingerprint density at radius 2 is 1.61 bits per heavy atom. The second kappa shape index (κ2) is 7.01. The lowest BCUT2D eigenvalue weighted by Gasteiger charge is -2.34. The molecule has 0 aliphatic carbocycles. The van der Waals surface area contributed by atoms with Crippen molar-refractivity contribution in [3.8, 4) is 0 Å². The Kier molecular flexibility index (Phi) is 5.66. The van der Waals surface area contributed by atoms with Crippen LogP contribution in [0.25, 0.3) is 5.57 Å². The number of pyridine rings is 1. The molecular weight excluding hydrogens is 298 g/mol. The molecule has 1 aromatic heterocycles. The van der Waals surface area contributed by atoms with Crippen molar-refractivity contribution in [3.63, 3.8) is 0 Å². The van der Waals surface area contributed by atoms with Crippen LogP contribution in [0.5, 0.6) is 0 Å². The van der Waals surface area contributed by atoms with E-state index in [1.807, 2.05) is 11.8 Å². The number of rotatable bonds is 2. The number of nitrogens with zero attached hydrogens (tertiary/aromatic N) is 1. The summed E-state index contributed by atoms with van der Waals surface area (Å²) in [6.07, 6.45) is 0. The first-order valence-electron chi connectivity index (χ1n) is 9.03. The van der Waals surface area contributed by atoms with Crippen LogP contribution in [0, 0.1) is 25.7 Å². The van der Waals surface area contributed by atoms with Crippen LogP contribution >= 0.6 is 11.8 Å². The molecule has 0 bridgehead atoms. The molecule has 3 atom stereocenters. The van der Waals surface area contributed by atoms with Crippen LogP contribution in [-0.4, -0.2) is 10.2 Å². The van der Waals surface area contributed by atoms with E-state index in [1.54, 1.807) is 5.56 Å². The zero-order chi connectivity index (χ0) is 17.5. The third-order valence-electron chi connectivity index (χ3n) is 5.61. The van der Waals surface area contributed by atoms with E-state index in [0.29, 0.717) is 28.9 Å². The van der Waals surface area contributed by atoms with Gasteiger partial charge in [0.2, 0.25) is 0 Å². The van der Waals surface area contributed by atoms with Crippen molar-refractivity contribution in [2.45, 2.75) is 79.4 Å². The van der Waals surface area contributed by atoms with Crippen LogP contribution in [0.3, 0.4) is 0 Å². The molecule has 0 N–H and O–H groups in total. The highest BCUT2D eigenvalue weighted by atomic mass is 32.2. The molecule has 1 aliphatic rings. The van der Waals surface area contributed by atoms with Crippen molar-refractivity contribution in [1.82, 2.24) is 4.98 Å².